The van der Waals surface area contributed by atoms with Crippen molar-refractivity contribution < 1.29 is 19.5 Å². The van der Waals surface area contributed by atoms with E-state index in [-0.39, 0.29) is 19.5 Å². The van der Waals surface area contributed by atoms with Gasteiger partial charge >= 0.3 is 19.5 Å². The largest absolute Gasteiger partial charge is 2.00 e. The SMILES string of the molecule is [CH-]=C.[Ru+2].[c-]1ccccc1. The van der Waals surface area contributed by atoms with Gasteiger partial charge in [-0.15, -0.1) is 0 Å². The van der Waals surface area contributed by atoms with Gasteiger partial charge in [0, 0.05) is 0 Å². The van der Waals surface area contributed by atoms with Crippen molar-refractivity contribution >= 4 is 0 Å². The topological polar surface area (TPSA) is 0 Å². The molecule has 0 heterocycles. The second kappa shape index (κ2) is 10.5. The fourth-order valence-corrected chi connectivity index (χ4v) is 0.342. The first-order chi connectivity index (χ1) is 4.00. The first-order valence-electron chi connectivity index (χ1n) is 2.32. The average molecular weight is 205 g/mol. The molecule has 0 saturated heterocycles. The molecule has 0 amide bonds. The summed E-state index contributed by atoms with van der Waals surface area (Å²) in [6, 6.07) is 12.5. The quantitative estimate of drug-likeness (QED) is 0.449. The summed E-state index contributed by atoms with van der Waals surface area (Å²) in [5, 5.41) is 0. The summed E-state index contributed by atoms with van der Waals surface area (Å²) in [6.07, 6.45) is 0. The molecule has 1 rings (SSSR count). The van der Waals surface area contributed by atoms with Gasteiger partial charge in [-0.3, -0.25) is 6.58 Å². The third kappa shape index (κ3) is 7.58. The van der Waals surface area contributed by atoms with Gasteiger partial charge in [-0.1, -0.05) is 0 Å². The summed E-state index contributed by atoms with van der Waals surface area (Å²) < 4.78 is 0. The molecule has 0 N–H and O–H groups in total. The molecule has 1 aromatic carbocycles. The van der Waals surface area contributed by atoms with Crippen molar-refractivity contribution in [1.29, 1.82) is 0 Å². The molecule has 1 aromatic rings. The maximum atomic E-state index is 4.25. The Kier molecular flexibility index (Phi) is 13.3. The fourth-order valence-electron chi connectivity index (χ4n) is 0.342. The summed E-state index contributed by atoms with van der Waals surface area (Å²) in [5.74, 6) is 0. The molecule has 48 valence electrons. The van der Waals surface area contributed by atoms with Crippen molar-refractivity contribution in [3.05, 3.63) is 49.6 Å². The van der Waals surface area contributed by atoms with Crippen molar-refractivity contribution in [2.75, 3.05) is 0 Å². The molecule has 0 unspecified atom stereocenters. The van der Waals surface area contributed by atoms with Crippen molar-refractivity contribution in [1.82, 2.24) is 0 Å². The first kappa shape index (κ1) is 11.4. The zero-order valence-corrected chi connectivity index (χ0v) is 6.76. The second-order valence-corrected chi connectivity index (χ2v) is 1.08. The minimum Gasteiger partial charge on any atom is -0.521 e. The summed E-state index contributed by atoms with van der Waals surface area (Å²) >= 11 is 0. The van der Waals surface area contributed by atoms with Gasteiger partial charge in [0.1, 0.15) is 0 Å². The number of rotatable bonds is 0. The van der Waals surface area contributed by atoms with Gasteiger partial charge in [-0.05, 0) is 0 Å². The Morgan fingerprint density at radius 1 is 1.00 bits per heavy atom. The van der Waals surface area contributed by atoms with E-state index >= 15 is 0 Å². The predicted molar refractivity (Wildman–Crippen MR) is 35.2 cm³/mol. The molecule has 0 aliphatic carbocycles. The minimum absolute atomic E-state index is 0. The van der Waals surface area contributed by atoms with E-state index in [1.807, 2.05) is 30.3 Å². The molecular weight excluding hydrogens is 197 g/mol. The molecule has 0 spiro atoms. The Morgan fingerprint density at radius 2 is 1.44 bits per heavy atom. The van der Waals surface area contributed by atoms with E-state index in [1.165, 1.54) is 0 Å². The van der Waals surface area contributed by atoms with Gasteiger partial charge in [0.25, 0.3) is 0 Å². The van der Waals surface area contributed by atoms with E-state index in [0.717, 1.165) is 0 Å². The van der Waals surface area contributed by atoms with Crippen LogP contribution >= 0.6 is 0 Å². The minimum atomic E-state index is 0. The van der Waals surface area contributed by atoms with Gasteiger partial charge in [0.05, 0.1) is 0 Å². The molecule has 1 heteroatoms. The van der Waals surface area contributed by atoms with Crippen molar-refractivity contribution in [2.45, 2.75) is 0 Å². The van der Waals surface area contributed by atoms with Gasteiger partial charge in [0.15, 0.2) is 0 Å². The Hall–Kier alpha value is -0.417. The van der Waals surface area contributed by atoms with Crippen LogP contribution in [-0.4, -0.2) is 0 Å². The van der Waals surface area contributed by atoms with Gasteiger partial charge in [-0.25, -0.2) is 0 Å². The normalized spacial score (nSPS) is 5.78. The molecule has 0 saturated carbocycles. The van der Waals surface area contributed by atoms with Crippen LogP contribution in [0.3, 0.4) is 0 Å². The Morgan fingerprint density at radius 3 is 1.56 bits per heavy atom. The number of benzene rings is 1. The number of hydrogen-bond acceptors (Lipinski definition) is 0. The molecule has 0 aliphatic rings. The summed E-state index contributed by atoms with van der Waals surface area (Å²) in [6.45, 7) is 7.00. The molecule has 0 fully saturated rings. The van der Waals surface area contributed by atoms with E-state index in [9.17, 15) is 0 Å². The zero-order chi connectivity index (χ0) is 6.24. The second-order valence-electron chi connectivity index (χ2n) is 1.08. The van der Waals surface area contributed by atoms with Crippen LogP contribution in [0.25, 0.3) is 0 Å². The fraction of sp³-hybridized carbons (Fsp3) is 0. The van der Waals surface area contributed by atoms with Crippen LogP contribution in [0.4, 0.5) is 0 Å². The summed E-state index contributed by atoms with van der Waals surface area (Å²) in [4.78, 5) is 0. The molecule has 0 radical (unpaired) electrons. The van der Waals surface area contributed by atoms with Gasteiger partial charge < -0.3 is 6.58 Å². The van der Waals surface area contributed by atoms with Crippen LogP contribution < -0.4 is 0 Å². The van der Waals surface area contributed by atoms with Crippen molar-refractivity contribution in [3.63, 3.8) is 0 Å². The van der Waals surface area contributed by atoms with E-state index in [4.69, 9.17) is 0 Å². The van der Waals surface area contributed by atoms with E-state index in [0.29, 0.717) is 0 Å². The molecule has 0 atom stereocenters. The Labute approximate surface area is 69.4 Å². The zero-order valence-electron chi connectivity index (χ0n) is 5.02. The smallest absolute Gasteiger partial charge is 0.521 e. The summed E-state index contributed by atoms with van der Waals surface area (Å²) in [5.41, 5.74) is 0. The number of hydrogen-bond donors (Lipinski definition) is 0. The van der Waals surface area contributed by atoms with Crippen molar-refractivity contribution in [2.24, 2.45) is 0 Å². The summed E-state index contributed by atoms with van der Waals surface area (Å²) in [7, 11) is 0. The van der Waals surface area contributed by atoms with Crippen LogP contribution in [0.2, 0.25) is 0 Å². The Bertz CT molecular complexity index is 87.4. The molecule has 0 aromatic heterocycles. The van der Waals surface area contributed by atoms with Crippen LogP contribution in [0.5, 0.6) is 0 Å². The van der Waals surface area contributed by atoms with Crippen LogP contribution in [0, 0.1) is 12.6 Å². The third-order valence-electron chi connectivity index (χ3n) is 0.607. The maximum absolute atomic E-state index is 4.25. The van der Waals surface area contributed by atoms with Crippen LogP contribution in [0.15, 0.2) is 36.9 Å². The average Bonchev–Trinajstić information content (AvgIpc) is 1.96. The maximum Gasteiger partial charge on any atom is 2.00 e. The van der Waals surface area contributed by atoms with E-state index in [1.54, 1.807) is 0 Å². The van der Waals surface area contributed by atoms with Crippen LogP contribution in [-0.2, 0) is 19.5 Å². The monoisotopic (exact) mass is 206 g/mol. The Balaban J connectivity index is 0. The molecule has 0 bridgehead atoms. The molecule has 0 nitrogen and oxygen atoms in total. The third-order valence-corrected chi connectivity index (χ3v) is 0.607. The van der Waals surface area contributed by atoms with Crippen molar-refractivity contribution in [3.8, 4) is 0 Å². The van der Waals surface area contributed by atoms with Gasteiger partial charge in [0.2, 0.25) is 0 Å². The first-order valence-corrected chi connectivity index (χ1v) is 2.32. The van der Waals surface area contributed by atoms with Crippen LogP contribution in [0.1, 0.15) is 0 Å². The standard InChI is InChI=1S/C6H5.C2H3.Ru/c1-2-4-6-5-3-1;1-2;/h1-5H;1H,2H2;/q2*-1;+2. The van der Waals surface area contributed by atoms with Gasteiger partial charge in [-0.2, -0.15) is 36.4 Å². The van der Waals surface area contributed by atoms with E-state index in [2.05, 4.69) is 19.2 Å². The molecule has 0 aliphatic heterocycles. The van der Waals surface area contributed by atoms with E-state index < -0.39 is 0 Å². The molecular formula is C8H8Ru. The predicted octanol–water partition coefficient (Wildman–Crippen LogP) is 2.09. The molecule has 9 heavy (non-hydrogen) atoms.